The average molecular weight is 386 g/mol. The lowest BCUT2D eigenvalue weighted by Gasteiger charge is -2.25. The van der Waals surface area contributed by atoms with Crippen molar-refractivity contribution in [3.8, 4) is 0 Å². The molecule has 0 N–H and O–H groups in total. The van der Waals surface area contributed by atoms with Crippen LogP contribution in [-0.4, -0.2) is 7.05 Å². The molecule has 0 atom stereocenters. The average Bonchev–Trinajstić information content (AvgIpc) is 2.98. The van der Waals surface area contributed by atoms with Crippen molar-refractivity contribution in [3.63, 3.8) is 0 Å². The van der Waals surface area contributed by atoms with Crippen LogP contribution in [0, 0.1) is 0 Å². The molecule has 3 rings (SSSR count). The minimum atomic E-state index is 0.148. The second-order valence-electron chi connectivity index (χ2n) is 8.72. The summed E-state index contributed by atoms with van der Waals surface area (Å²) in [5.74, 6) is 0. The molecule has 2 aromatic rings. The molecule has 0 radical (unpaired) electrons. The fraction of sp³-hybridized carbons (Fsp3) is 0.357. The summed E-state index contributed by atoms with van der Waals surface area (Å²) in [7, 11) is 2.19. The van der Waals surface area contributed by atoms with E-state index in [1.165, 1.54) is 39.2 Å². The molecule has 0 fully saturated rings. The summed E-state index contributed by atoms with van der Waals surface area (Å²) in [5, 5.41) is 0. The highest BCUT2D eigenvalue weighted by molar-refractivity contribution is 5.79. The van der Waals surface area contributed by atoms with Gasteiger partial charge in [0.25, 0.3) is 0 Å². The number of para-hydroxylation sites is 1. The molecule has 1 heteroatoms. The van der Waals surface area contributed by atoms with Gasteiger partial charge in [-0.25, -0.2) is 0 Å². The predicted molar refractivity (Wildman–Crippen MR) is 129 cm³/mol. The number of allylic oxidation sites excluding steroid dienone is 5. The zero-order chi connectivity index (χ0) is 21.0. The van der Waals surface area contributed by atoms with Crippen LogP contribution in [0.2, 0.25) is 0 Å². The van der Waals surface area contributed by atoms with E-state index in [9.17, 15) is 0 Å². The zero-order valence-electron chi connectivity index (χ0n) is 18.8. The van der Waals surface area contributed by atoms with Crippen molar-refractivity contribution in [2.45, 2.75) is 58.8 Å². The van der Waals surface area contributed by atoms with Crippen molar-refractivity contribution >= 4 is 16.9 Å². The van der Waals surface area contributed by atoms with Gasteiger partial charge in [0.2, 0.25) is 0 Å². The molecule has 0 heterocycles. The summed E-state index contributed by atoms with van der Waals surface area (Å²) in [6.45, 7) is 13.1. The third kappa shape index (κ3) is 4.40. The summed E-state index contributed by atoms with van der Waals surface area (Å²) < 4.78 is 0. The summed E-state index contributed by atoms with van der Waals surface area (Å²) in [6, 6.07) is 15.8. The highest BCUT2D eigenvalue weighted by Gasteiger charge is 2.33. The summed E-state index contributed by atoms with van der Waals surface area (Å²) in [4.78, 5) is 2.34. The molecule has 2 aromatic carbocycles. The Morgan fingerprint density at radius 1 is 1.14 bits per heavy atom. The third-order valence-electron chi connectivity index (χ3n) is 6.14. The zero-order valence-corrected chi connectivity index (χ0v) is 18.8. The summed E-state index contributed by atoms with van der Waals surface area (Å²) in [5.41, 5.74) is 9.69. The van der Waals surface area contributed by atoms with Crippen LogP contribution in [0.25, 0.3) is 5.57 Å². The first-order valence-corrected chi connectivity index (χ1v) is 10.9. The number of anilines is 2. The molecule has 0 saturated heterocycles. The maximum Gasteiger partial charge on any atom is 0.0440 e. The van der Waals surface area contributed by atoms with Gasteiger partial charge in [0.05, 0.1) is 0 Å². The predicted octanol–water partition coefficient (Wildman–Crippen LogP) is 7.99. The van der Waals surface area contributed by atoms with Gasteiger partial charge in [0.15, 0.2) is 0 Å². The Morgan fingerprint density at radius 2 is 1.90 bits per heavy atom. The van der Waals surface area contributed by atoms with Crippen LogP contribution < -0.4 is 4.90 Å². The SMILES string of the molecule is C=C/C(=C/C=C1\CC(C)(C)c2cc(N(C)c3ccccc3CCC)ccc21)CC. The molecule has 0 bridgehead atoms. The van der Waals surface area contributed by atoms with E-state index in [1.54, 1.807) is 0 Å². The van der Waals surface area contributed by atoms with Crippen molar-refractivity contribution in [3.05, 3.63) is 89.5 Å². The lowest BCUT2D eigenvalue weighted by molar-refractivity contribution is 0.563. The van der Waals surface area contributed by atoms with Crippen molar-refractivity contribution in [1.82, 2.24) is 0 Å². The van der Waals surface area contributed by atoms with Crippen molar-refractivity contribution in [1.29, 1.82) is 0 Å². The Labute approximate surface area is 177 Å². The number of aryl methyl sites for hydroxylation is 1. The minimum Gasteiger partial charge on any atom is -0.344 e. The Hall–Kier alpha value is -2.54. The van der Waals surface area contributed by atoms with Crippen LogP contribution in [0.5, 0.6) is 0 Å². The van der Waals surface area contributed by atoms with Crippen LogP contribution in [0.4, 0.5) is 11.4 Å². The van der Waals surface area contributed by atoms with Crippen molar-refractivity contribution in [2.24, 2.45) is 0 Å². The first kappa shape index (κ1) is 21.2. The Morgan fingerprint density at radius 3 is 2.59 bits per heavy atom. The van der Waals surface area contributed by atoms with E-state index in [0.717, 1.165) is 25.7 Å². The topological polar surface area (TPSA) is 3.24 Å². The largest absolute Gasteiger partial charge is 0.344 e. The fourth-order valence-corrected chi connectivity index (χ4v) is 4.39. The second-order valence-corrected chi connectivity index (χ2v) is 8.72. The van der Waals surface area contributed by atoms with Gasteiger partial charge in [-0.1, -0.05) is 83.2 Å². The molecule has 0 saturated carbocycles. The Bertz CT molecular complexity index is 943. The molecule has 29 heavy (non-hydrogen) atoms. The summed E-state index contributed by atoms with van der Waals surface area (Å²) in [6.07, 6.45) is 10.9. The van der Waals surface area contributed by atoms with E-state index in [-0.39, 0.29) is 5.41 Å². The van der Waals surface area contributed by atoms with E-state index in [2.05, 4.69) is 101 Å². The quantitative estimate of drug-likeness (QED) is 0.436. The molecule has 0 aromatic heterocycles. The number of rotatable bonds is 7. The van der Waals surface area contributed by atoms with Crippen molar-refractivity contribution < 1.29 is 0 Å². The monoisotopic (exact) mass is 385 g/mol. The number of benzene rings is 2. The van der Waals surface area contributed by atoms with Crippen LogP contribution >= 0.6 is 0 Å². The maximum absolute atomic E-state index is 3.93. The molecular weight excluding hydrogens is 350 g/mol. The molecule has 152 valence electrons. The molecular formula is C28H35N. The normalized spacial score (nSPS) is 16.7. The number of nitrogens with zero attached hydrogens (tertiary/aromatic N) is 1. The molecule has 1 aliphatic rings. The number of hydrogen-bond donors (Lipinski definition) is 0. The number of fused-ring (bicyclic) bond motifs is 1. The molecule has 0 unspecified atom stereocenters. The van der Waals surface area contributed by atoms with Gasteiger partial charge >= 0.3 is 0 Å². The Balaban J connectivity index is 2.00. The Kier molecular flexibility index (Phi) is 6.47. The minimum absolute atomic E-state index is 0.148. The van der Waals surface area contributed by atoms with Crippen LogP contribution in [-0.2, 0) is 11.8 Å². The highest BCUT2D eigenvalue weighted by atomic mass is 15.1. The molecule has 0 spiro atoms. The van der Waals surface area contributed by atoms with Gasteiger partial charge in [-0.15, -0.1) is 0 Å². The van der Waals surface area contributed by atoms with E-state index < -0.39 is 0 Å². The van der Waals surface area contributed by atoms with Gasteiger partial charge in [-0.05, 0) is 70.7 Å². The van der Waals surface area contributed by atoms with E-state index in [1.807, 2.05) is 6.08 Å². The fourth-order valence-electron chi connectivity index (χ4n) is 4.39. The molecule has 1 aliphatic carbocycles. The van der Waals surface area contributed by atoms with Crippen molar-refractivity contribution in [2.75, 3.05) is 11.9 Å². The van der Waals surface area contributed by atoms with Crippen LogP contribution in [0.1, 0.15) is 63.6 Å². The van der Waals surface area contributed by atoms with Crippen LogP contribution in [0.15, 0.2) is 72.8 Å². The van der Waals surface area contributed by atoms with Gasteiger partial charge in [0.1, 0.15) is 0 Å². The molecule has 0 amide bonds. The van der Waals surface area contributed by atoms with Gasteiger partial charge in [-0.2, -0.15) is 0 Å². The standard InChI is InChI=1S/C28H35N/c1-7-12-22-13-10-11-14-27(22)29(6)24-17-18-25-23(16-15-21(8-2)9-3)20-28(4,5)26(25)19-24/h8,10-11,13-19H,2,7,9,12,20H2,1,3-6H3/b21-15-,23-16+. The first-order valence-electron chi connectivity index (χ1n) is 10.9. The summed E-state index contributed by atoms with van der Waals surface area (Å²) >= 11 is 0. The van der Waals surface area contributed by atoms with E-state index in [0.29, 0.717) is 0 Å². The lowest BCUT2D eigenvalue weighted by Crippen LogP contribution is -2.15. The highest BCUT2D eigenvalue weighted by Crippen LogP contribution is 2.47. The van der Waals surface area contributed by atoms with E-state index in [4.69, 9.17) is 0 Å². The maximum atomic E-state index is 3.93. The second kappa shape index (κ2) is 8.86. The van der Waals surface area contributed by atoms with Crippen LogP contribution in [0.3, 0.4) is 0 Å². The van der Waals surface area contributed by atoms with Gasteiger partial charge in [0, 0.05) is 18.4 Å². The lowest BCUT2D eigenvalue weighted by atomic mass is 9.86. The first-order chi connectivity index (χ1) is 13.9. The molecule has 1 nitrogen and oxygen atoms in total. The van der Waals surface area contributed by atoms with E-state index >= 15 is 0 Å². The molecule has 0 aliphatic heterocycles. The smallest absolute Gasteiger partial charge is 0.0440 e. The van der Waals surface area contributed by atoms with Gasteiger partial charge < -0.3 is 4.90 Å². The van der Waals surface area contributed by atoms with Gasteiger partial charge in [-0.3, -0.25) is 0 Å². The third-order valence-corrected chi connectivity index (χ3v) is 6.14. The number of hydrogen-bond acceptors (Lipinski definition) is 1.